The third-order valence-corrected chi connectivity index (χ3v) is 4.82. The SMILES string of the molecule is N#Cc1cnn2c1NC1=C(C(=O)CCC1)[C@@H]2c1cccc(Br)c1. The van der Waals surface area contributed by atoms with Gasteiger partial charge in [-0.2, -0.15) is 10.4 Å². The van der Waals surface area contributed by atoms with Crippen molar-refractivity contribution in [1.29, 1.82) is 5.26 Å². The van der Waals surface area contributed by atoms with Crippen LogP contribution in [-0.4, -0.2) is 15.6 Å². The third kappa shape index (κ3) is 2.20. The summed E-state index contributed by atoms with van der Waals surface area (Å²) in [6.07, 6.45) is 3.77. The third-order valence-electron chi connectivity index (χ3n) is 4.32. The van der Waals surface area contributed by atoms with Crippen LogP contribution >= 0.6 is 15.9 Å². The van der Waals surface area contributed by atoms with Gasteiger partial charge in [0.2, 0.25) is 0 Å². The van der Waals surface area contributed by atoms with E-state index in [9.17, 15) is 10.1 Å². The number of nitriles is 1. The van der Waals surface area contributed by atoms with Crippen LogP contribution in [0, 0.1) is 11.3 Å². The molecule has 1 aliphatic heterocycles. The number of Topliss-reactive ketones (excluding diaryl/α,β-unsaturated/α-hetero) is 1. The normalized spacial score (nSPS) is 19.7. The Morgan fingerprint density at radius 1 is 1.39 bits per heavy atom. The number of aromatic nitrogens is 2. The maximum atomic E-state index is 12.6. The molecule has 2 heterocycles. The molecule has 4 rings (SSSR count). The number of rotatable bonds is 1. The maximum Gasteiger partial charge on any atom is 0.163 e. The van der Waals surface area contributed by atoms with E-state index in [1.165, 1.54) is 0 Å². The van der Waals surface area contributed by atoms with Gasteiger partial charge in [-0.05, 0) is 30.5 Å². The minimum absolute atomic E-state index is 0.156. The summed E-state index contributed by atoms with van der Waals surface area (Å²) in [7, 11) is 0. The van der Waals surface area contributed by atoms with Crippen molar-refractivity contribution in [3.05, 3.63) is 57.3 Å². The fourth-order valence-corrected chi connectivity index (χ4v) is 3.74. The van der Waals surface area contributed by atoms with Crippen LogP contribution < -0.4 is 5.32 Å². The Kier molecular flexibility index (Phi) is 3.31. The van der Waals surface area contributed by atoms with Gasteiger partial charge in [0.1, 0.15) is 23.5 Å². The molecule has 0 bridgehead atoms. The minimum atomic E-state index is -0.284. The van der Waals surface area contributed by atoms with Crippen molar-refractivity contribution in [3.63, 3.8) is 0 Å². The molecule has 1 aromatic heterocycles. The molecule has 23 heavy (non-hydrogen) atoms. The summed E-state index contributed by atoms with van der Waals surface area (Å²) >= 11 is 3.49. The molecule has 0 fully saturated rings. The lowest BCUT2D eigenvalue weighted by Crippen LogP contribution is -2.31. The topological polar surface area (TPSA) is 70.7 Å². The lowest BCUT2D eigenvalue weighted by molar-refractivity contribution is -0.116. The van der Waals surface area contributed by atoms with E-state index in [0.717, 1.165) is 34.1 Å². The van der Waals surface area contributed by atoms with E-state index in [4.69, 9.17) is 0 Å². The number of anilines is 1. The van der Waals surface area contributed by atoms with Crippen molar-refractivity contribution < 1.29 is 4.79 Å². The van der Waals surface area contributed by atoms with Gasteiger partial charge in [-0.3, -0.25) is 4.79 Å². The van der Waals surface area contributed by atoms with Gasteiger partial charge in [0.15, 0.2) is 5.78 Å². The number of nitrogens with zero attached hydrogens (tertiary/aromatic N) is 3. The van der Waals surface area contributed by atoms with Crippen molar-refractivity contribution in [3.8, 4) is 6.07 Å². The van der Waals surface area contributed by atoms with Crippen molar-refractivity contribution in [2.24, 2.45) is 0 Å². The van der Waals surface area contributed by atoms with E-state index in [-0.39, 0.29) is 11.8 Å². The lowest BCUT2D eigenvalue weighted by atomic mass is 9.85. The van der Waals surface area contributed by atoms with Crippen molar-refractivity contribution >= 4 is 27.5 Å². The number of hydrogen-bond acceptors (Lipinski definition) is 4. The summed E-state index contributed by atoms with van der Waals surface area (Å²) in [4.78, 5) is 12.6. The molecule has 0 unspecified atom stereocenters. The number of allylic oxidation sites excluding steroid dienone is 2. The van der Waals surface area contributed by atoms with Crippen LogP contribution in [0.3, 0.4) is 0 Å². The zero-order chi connectivity index (χ0) is 16.0. The van der Waals surface area contributed by atoms with Gasteiger partial charge in [0.25, 0.3) is 0 Å². The number of ketones is 1. The van der Waals surface area contributed by atoms with Crippen LogP contribution in [0.5, 0.6) is 0 Å². The molecule has 2 aliphatic rings. The molecule has 0 saturated carbocycles. The smallest absolute Gasteiger partial charge is 0.163 e. The molecule has 1 N–H and O–H groups in total. The molecule has 5 nitrogen and oxygen atoms in total. The molecule has 0 saturated heterocycles. The molecule has 0 radical (unpaired) electrons. The Morgan fingerprint density at radius 2 is 2.26 bits per heavy atom. The van der Waals surface area contributed by atoms with Crippen molar-refractivity contribution in [1.82, 2.24) is 9.78 Å². The molecule has 1 aromatic carbocycles. The molecular formula is C17H13BrN4O. The van der Waals surface area contributed by atoms with Crippen LogP contribution in [0.25, 0.3) is 0 Å². The van der Waals surface area contributed by atoms with E-state index < -0.39 is 0 Å². The summed E-state index contributed by atoms with van der Waals surface area (Å²) < 4.78 is 2.70. The van der Waals surface area contributed by atoms with Gasteiger partial charge < -0.3 is 5.32 Å². The van der Waals surface area contributed by atoms with Crippen molar-refractivity contribution in [2.75, 3.05) is 5.32 Å². The van der Waals surface area contributed by atoms with Gasteiger partial charge in [0.05, 0.1) is 6.20 Å². The molecule has 0 spiro atoms. The second kappa shape index (κ2) is 5.36. The zero-order valence-corrected chi connectivity index (χ0v) is 13.8. The van der Waals surface area contributed by atoms with Gasteiger partial charge >= 0.3 is 0 Å². The quantitative estimate of drug-likeness (QED) is 0.835. The number of halogens is 1. The van der Waals surface area contributed by atoms with Crippen LogP contribution in [0.4, 0.5) is 5.82 Å². The molecule has 6 heteroatoms. The lowest BCUT2D eigenvalue weighted by Gasteiger charge is -2.33. The minimum Gasteiger partial charge on any atom is -0.342 e. The van der Waals surface area contributed by atoms with Crippen LogP contribution in [-0.2, 0) is 4.79 Å². The largest absolute Gasteiger partial charge is 0.342 e. The molecule has 2 aromatic rings. The number of hydrogen-bond donors (Lipinski definition) is 1. The molecule has 0 amide bonds. The van der Waals surface area contributed by atoms with Crippen molar-refractivity contribution in [2.45, 2.75) is 25.3 Å². The van der Waals surface area contributed by atoms with E-state index in [1.54, 1.807) is 10.9 Å². The summed E-state index contributed by atoms with van der Waals surface area (Å²) in [6, 6.07) is 9.77. The Morgan fingerprint density at radius 3 is 3.04 bits per heavy atom. The highest BCUT2D eigenvalue weighted by Gasteiger charge is 2.36. The fraction of sp³-hybridized carbons (Fsp3) is 0.235. The van der Waals surface area contributed by atoms with Crippen LogP contribution in [0.15, 0.2) is 46.2 Å². The van der Waals surface area contributed by atoms with Gasteiger partial charge in [0, 0.05) is 22.2 Å². The predicted molar refractivity (Wildman–Crippen MR) is 88.7 cm³/mol. The Hall–Kier alpha value is -2.39. The monoisotopic (exact) mass is 368 g/mol. The average molecular weight is 369 g/mol. The summed E-state index contributed by atoms with van der Waals surface area (Å²) in [5.41, 5.74) is 3.18. The molecule has 1 atom stereocenters. The maximum absolute atomic E-state index is 12.6. The average Bonchev–Trinajstić information content (AvgIpc) is 2.95. The highest BCUT2D eigenvalue weighted by atomic mass is 79.9. The van der Waals surface area contributed by atoms with Crippen LogP contribution in [0.2, 0.25) is 0 Å². The second-order valence-electron chi connectivity index (χ2n) is 5.71. The van der Waals surface area contributed by atoms with Gasteiger partial charge in [-0.1, -0.05) is 28.1 Å². The van der Waals surface area contributed by atoms with E-state index in [1.807, 2.05) is 24.3 Å². The van der Waals surface area contributed by atoms with E-state index in [2.05, 4.69) is 32.4 Å². The molecule has 1 aliphatic carbocycles. The second-order valence-corrected chi connectivity index (χ2v) is 6.63. The number of fused-ring (bicyclic) bond motifs is 1. The highest BCUT2D eigenvalue weighted by Crippen LogP contribution is 2.41. The highest BCUT2D eigenvalue weighted by molar-refractivity contribution is 9.10. The first-order valence-corrected chi connectivity index (χ1v) is 8.24. The summed E-state index contributed by atoms with van der Waals surface area (Å²) in [6.45, 7) is 0. The standard InChI is InChI=1S/C17H13BrN4O/c18-12-4-1-3-10(7-12)16-15-13(5-2-6-14(15)23)21-17-11(8-19)9-20-22(16)17/h1,3-4,7,9,16,21H,2,5-6H2/t16-/m0/s1. The Bertz CT molecular complexity index is 890. The first-order valence-electron chi connectivity index (χ1n) is 7.45. The number of nitrogens with one attached hydrogen (secondary N) is 1. The van der Waals surface area contributed by atoms with Gasteiger partial charge in [-0.15, -0.1) is 0 Å². The zero-order valence-electron chi connectivity index (χ0n) is 12.2. The number of carbonyl (C=O) groups excluding carboxylic acids is 1. The fourth-order valence-electron chi connectivity index (χ4n) is 3.32. The first-order chi connectivity index (χ1) is 11.2. The molecular weight excluding hydrogens is 356 g/mol. The summed E-state index contributed by atoms with van der Waals surface area (Å²) in [5, 5.41) is 16.9. The molecule has 114 valence electrons. The van der Waals surface area contributed by atoms with E-state index >= 15 is 0 Å². The van der Waals surface area contributed by atoms with Gasteiger partial charge in [-0.25, -0.2) is 4.68 Å². The number of benzene rings is 1. The first kappa shape index (κ1) is 14.2. The Labute approximate surface area is 141 Å². The van der Waals surface area contributed by atoms with E-state index in [0.29, 0.717) is 17.8 Å². The number of carbonyl (C=O) groups is 1. The van der Waals surface area contributed by atoms with Crippen LogP contribution in [0.1, 0.15) is 36.4 Å². The summed E-state index contributed by atoms with van der Waals surface area (Å²) in [5.74, 6) is 0.828. The Balaban J connectivity index is 1.96. The predicted octanol–water partition coefficient (Wildman–Crippen LogP) is 3.54.